The lowest BCUT2D eigenvalue weighted by Gasteiger charge is -2.33. The third-order valence-corrected chi connectivity index (χ3v) is 3.33. The molecule has 0 amide bonds. The summed E-state index contributed by atoms with van der Waals surface area (Å²) in [5.74, 6) is -0.0599. The van der Waals surface area contributed by atoms with Gasteiger partial charge in [-0.2, -0.15) is 0 Å². The summed E-state index contributed by atoms with van der Waals surface area (Å²) in [4.78, 5) is 14.3. The minimum absolute atomic E-state index is 0.0599. The van der Waals surface area contributed by atoms with Crippen LogP contribution in [0.1, 0.15) is 40.0 Å². The smallest absolute Gasteiger partial charge is 0.323 e. The summed E-state index contributed by atoms with van der Waals surface area (Å²) >= 11 is 0. The van der Waals surface area contributed by atoms with Gasteiger partial charge in [0.2, 0.25) is 0 Å². The van der Waals surface area contributed by atoms with Crippen molar-refractivity contribution in [2.45, 2.75) is 52.1 Å². The van der Waals surface area contributed by atoms with Gasteiger partial charge >= 0.3 is 5.97 Å². The molecule has 0 aromatic heterocycles. The summed E-state index contributed by atoms with van der Waals surface area (Å²) < 4.78 is 5.18. The van der Waals surface area contributed by atoms with Gasteiger partial charge in [0.1, 0.15) is 6.04 Å². The van der Waals surface area contributed by atoms with E-state index in [0.29, 0.717) is 12.6 Å². The zero-order valence-corrected chi connectivity index (χ0v) is 11.4. The first-order valence-electron chi connectivity index (χ1n) is 6.87. The highest BCUT2D eigenvalue weighted by Gasteiger charge is 2.31. The lowest BCUT2D eigenvalue weighted by molar-refractivity contribution is -0.150. The molecule has 100 valence electrons. The van der Waals surface area contributed by atoms with Crippen LogP contribution in [0.3, 0.4) is 0 Å². The second-order valence-corrected chi connectivity index (χ2v) is 4.56. The number of esters is 1. The standard InChI is InChI=1S/C13H26N2O2/c1-4-9-15(11-7-8-14-10-11)12(5-2)13(16)17-6-3/h11-12,14H,4-10H2,1-3H3. The van der Waals surface area contributed by atoms with Crippen LogP contribution in [0, 0.1) is 0 Å². The minimum Gasteiger partial charge on any atom is -0.465 e. The Morgan fingerprint density at radius 1 is 1.47 bits per heavy atom. The van der Waals surface area contributed by atoms with E-state index < -0.39 is 0 Å². The van der Waals surface area contributed by atoms with E-state index in [1.807, 2.05) is 6.92 Å². The van der Waals surface area contributed by atoms with E-state index in [9.17, 15) is 4.79 Å². The summed E-state index contributed by atoms with van der Waals surface area (Å²) in [5.41, 5.74) is 0. The summed E-state index contributed by atoms with van der Waals surface area (Å²) in [6.07, 6.45) is 3.04. The van der Waals surface area contributed by atoms with Gasteiger partial charge in [0.05, 0.1) is 6.61 Å². The van der Waals surface area contributed by atoms with Crippen LogP contribution in [-0.2, 0) is 9.53 Å². The van der Waals surface area contributed by atoms with Crippen LogP contribution in [0.25, 0.3) is 0 Å². The highest BCUT2D eigenvalue weighted by Crippen LogP contribution is 2.16. The van der Waals surface area contributed by atoms with Crippen LogP contribution in [0.4, 0.5) is 0 Å². The first-order chi connectivity index (χ1) is 8.24. The fourth-order valence-electron chi connectivity index (χ4n) is 2.55. The van der Waals surface area contributed by atoms with E-state index in [-0.39, 0.29) is 12.0 Å². The number of hydrogen-bond donors (Lipinski definition) is 1. The Morgan fingerprint density at radius 2 is 2.24 bits per heavy atom. The maximum atomic E-state index is 12.0. The van der Waals surface area contributed by atoms with Crippen LogP contribution in [-0.4, -0.2) is 49.2 Å². The van der Waals surface area contributed by atoms with Crippen LogP contribution >= 0.6 is 0 Å². The topological polar surface area (TPSA) is 41.6 Å². The number of rotatable bonds is 7. The van der Waals surface area contributed by atoms with Crippen molar-refractivity contribution < 1.29 is 9.53 Å². The first-order valence-corrected chi connectivity index (χ1v) is 6.87. The van der Waals surface area contributed by atoms with Crippen molar-refractivity contribution in [3.8, 4) is 0 Å². The Morgan fingerprint density at radius 3 is 2.71 bits per heavy atom. The largest absolute Gasteiger partial charge is 0.465 e. The average molecular weight is 242 g/mol. The van der Waals surface area contributed by atoms with Crippen LogP contribution in [0.5, 0.6) is 0 Å². The van der Waals surface area contributed by atoms with E-state index in [1.165, 1.54) is 0 Å². The quantitative estimate of drug-likeness (QED) is 0.685. The predicted molar refractivity (Wildman–Crippen MR) is 69.0 cm³/mol. The molecule has 1 aliphatic heterocycles. The van der Waals surface area contributed by atoms with E-state index in [2.05, 4.69) is 24.1 Å². The van der Waals surface area contributed by atoms with Crippen LogP contribution in [0.15, 0.2) is 0 Å². The molecule has 1 fully saturated rings. The summed E-state index contributed by atoms with van der Waals surface area (Å²) in [5, 5.41) is 3.37. The zero-order chi connectivity index (χ0) is 12.7. The molecule has 0 aliphatic carbocycles. The molecule has 2 atom stereocenters. The number of nitrogens with one attached hydrogen (secondary N) is 1. The summed E-state index contributed by atoms with van der Waals surface area (Å²) in [6, 6.07) is 0.420. The van der Waals surface area contributed by atoms with Crippen molar-refractivity contribution in [3.63, 3.8) is 0 Å². The maximum absolute atomic E-state index is 12.0. The molecular formula is C13H26N2O2. The molecule has 17 heavy (non-hydrogen) atoms. The maximum Gasteiger partial charge on any atom is 0.323 e. The third kappa shape index (κ3) is 3.96. The molecule has 0 spiro atoms. The number of ether oxygens (including phenoxy) is 1. The molecule has 0 aromatic carbocycles. The van der Waals surface area contributed by atoms with E-state index in [0.717, 1.165) is 38.9 Å². The van der Waals surface area contributed by atoms with Gasteiger partial charge in [-0.15, -0.1) is 0 Å². The lowest BCUT2D eigenvalue weighted by atomic mass is 10.1. The third-order valence-electron chi connectivity index (χ3n) is 3.33. The number of nitrogens with zero attached hydrogens (tertiary/aromatic N) is 1. The van der Waals surface area contributed by atoms with Gasteiger partial charge < -0.3 is 10.1 Å². The number of carbonyl (C=O) groups is 1. The van der Waals surface area contributed by atoms with Gasteiger partial charge in [-0.25, -0.2) is 0 Å². The highest BCUT2D eigenvalue weighted by atomic mass is 16.5. The Balaban J connectivity index is 2.67. The average Bonchev–Trinajstić information content (AvgIpc) is 2.82. The van der Waals surface area contributed by atoms with Gasteiger partial charge in [0.25, 0.3) is 0 Å². The van der Waals surface area contributed by atoms with E-state index in [1.54, 1.807) is 0 Å². The van der Waals surface area contributed by atoms with Gasteiger partial charge in [-0.05, 0) is 39.3 Å². The molecule has 1 rings (SSSR count). The predicted octanol–water partition coefficient (Wildman–Crippen LogP) is 1.40. The molecule has 0 radical (unpaired) electrons. The van der Waals surface area contributed by atoms with E-state index >= 15 is 0 Å². The minimum atomic E-state index is -0.0696. The van der Waals surface area contributed by atoms with Crippen molar-refractivity contribution in [1.29, 1.82) is 0 Å². The fourth-order valence-corrected chi connectivity index (χ4v) is 2.55. The number of carbonyl (C=O) groups excluding carboxylic acids is 1. The van der Waals surface area contributed by atoms with Crippen LogP contribution in [0.2, 0.25) is 0 Å². The molecule has 0 saturated carbocycles. The van der Waals surface area contributed by atoms with E-state index in [4.69, 9.17) is 4.74 Å². The zero-order valence-electron chi connectivity index (χ0n) is 11.4. The second kappa shape index (κ2) is 7.67. The Hall–Kier alpha value is -0.610. The first kappa shape index (κ1) is 14.5. The normalized spacial score (nSPS) is 21.8. The highest BCUT2D eigenvalue weighted by molar-refractivity contribution is 5.75. The van der Waals surface area contributed by atoms with Gasteiger partial charge in [0, 0.05) is 12.6 Å². The number of hydrogen-bond acceptors (Lipinski definition) is 4. The molecule has 4 nitrogen and oxygen atoms in total. The van der Waals surface area contributed by atoms with Crippen molar-refractivity contribution in [2.24, 2.45) is 0 Å². The Labute approximate surface area is 105 Å². The molecule has 1 aliphatic rings. The summed E-state index contributed by atoms with van der Waals surface area (Å²) in [6.45, 7) is 9.59. The Kier molecular flexibility index (Phi) is 6.52. The Bertz CT molecular complexity index is 227. The molecule has 0 bridgehead atoms. The molecule has 2 unspecified atom stereocenters. The monoisotopic (exact) mass is 242 g/mol. The fraction of sp³-hybridized carbons (Fsp3) is 0.923. The SMILES string of the molecule is CCCN(C1CCNC1)C(CC)C(=O)OCC. The molecule has 1 saturated heterocycles. The molecule has 1 heterocycles. The molecule has 0 aromatic rings. The molecule has 1 N–H and O–H groups in total. The van der Waals surface area contributed by atoms with Crippen LogP contribution < -0.4 is 5.32 Å². The van der Waals surface area contributed by atoms with Gasteiger partial charge in [-0.1, -0.05) is 13.8 Å². The van der Waals surface area contributed by atoms with Crippen molar-refractivity contribution in [2.75, 3.05) is 26.2 Å². The summed E-state index contributed by atoms with van der Waals surface area (Å²) in [7, 11) is 0. The van der Waals surface area contributed by atoms with Crippen molar-refractivity contribution >= 4 is 5.97 Å². The van der Waals surface area contributed by atoms with Crippen molar-refractivity contribution in [3.05, 3.63) is 0 Å². The lowest BCUT2D eigenvalue weighted by Crippen LogP contribution is -2.49. The van der Waals surface area contributed by atoms with Gasteiger partial charge in [-0.3, -0.25) is 9.69 Å². The second-order valence-electron chi connectivity index (χ2n) is 4.56. The molecule has 4 heteroatoms. The van der Waals surface area contributed by atoms with Crippen molar-refractivity contribution in [1.82, 2.24) is 10.2 Å². The van der Waals surface area contributed by atoms with Gasteiger partial charge in [0.15, 0.2) is 0 Å². The molecular weight excluding hydrogens is 216 g/mol.